The van der Waals surface area contributed by atoms with Crippen molar-refractivity contribution < 1.29 is 63.3 Å². The topological polar surface area (TPSA) is 304 Å². The van der Waals surface area contributed by atoms with Crippen molar-refractivity contribution in [2.75, 3.05) is 0 Å². The van der Waals surface area contributed by atoms with Crippen LogP contribution in [0.4, 0.5) is 0 Å². The van der Waals surface area contributed by atoms with Gasteiger partial charge in [-0.15, -0.1) is 0 Å². The first kappa shape index (κ1) is 51.9. The number of carboxylic acids is 3. The van der Waals surface area contributed by atoms with Gasteiger partial charge in [0.15, 0.2) is 0 Å². The van der Waals surface area contributed by atoms with E-state index < -0.39 is 127 Å². The Hall–Kier alpha value is -6.14. The first-order valence-electron chi connectivity index (χ1n) is 19.6. The first-order valence-corrected chi connectivity index (χ1v) is 19.6. The molecule has 0 radical (unpaired) electrons. The third-order valence-corrected chi connectivity index (χ3v) is 9.07. The van der Waals surface area contributed by atoms with Crippen molar-refractivity contribution >= 4 is 59.6 Å². The molecule has 1 aromatic rings. The Balaban J connectivity index is 3.55. The maximum atomic E-state index is 14.2. The highest BCUT2D eigenvalue weighted by Crippen LogP contribution is 2.21. The van der Waals surface area contributed by atoms with Gasteiger partial charge in [-0.1, -0.05) is 71.0 Å². The molecule has 6 amide bonds. The number of benzene rings is 1. The van der Waals surface area contributed by atoms with Crippen LogP contribution in [0.3, 0.4) is 0 Å². The van der Waals surface area contributed by atoms with Crippen LogP contribution in [0.2, 0.25) is 0 Å². The van der Waals surface area contributed by atoms with Gasteiger partial charge in [-0.3, -0.25) is 43.2 Å². The van der Waals surface area contributed by atoms with Gasteiger partial charge < -0.3 is 52.0 Å². The van der Waals surface area contributed by atoms with Crippen molar-refractivity contribution in [1.29, 1.82) is 0 Å². The molecule has 0 spiro atoms. The molecule has 6 atom stereocenters. The lowest BCUT2D eigenvalue weighted by atomic mass is 9.85. The summed E-state index contributed by atoms with van der Waals surface area (Å²) in [5, 5.41) is 42.6. The zero-order chi connectivity index (χ0) is 45.7. The molecule has 0 fully saturated rings. The minimum Gasteiger partial charge on any atom is -0.481 e. The summed E-state index contributed by atoms with van der Waals surface area (Å²) < 4.78 is 0. The average molecular weight is 845 g/mol. The van der Waals surface area contributed by atoms with Gasteiger partial charge in [-0.05, 0) is 55.6 Å². The first-order chi connectivity index (χ1) is 28.0. The fourth-order valence-corrected chi connectivity index (χ4v) is 5.81. The molecule has 0 heterocycles. The van der Waals surface area contributed by atoms with E-state index in [-0.39, 0.29) is 25.2 Å². The van der Waals surface area contributed by atoms with E-state index in [0.29, 0.717) is 11.8 Å². The SMILES string of the molecule is CC=CC[C@@H](C=O)NC(=O)[C@H](CC(C)C)NC(=O)[C@@H](NC(=O)[C@H](Cc1ccccc1C)NC(=O)[C@H](CCC(=O)O)NC(=O)[C@H](CC(=O)O)NC(=O)CCC(=O)O)C(C)(C)C. The fourth-order valence-electron chi connectivity index (χ4n) is 5.81. The number of carbonyl (C=O) groups is 10. The van der Waals surface area contributed by atoms with Crippen LogP contribution in [-0.4, -0.2) is 111 Å². The Bertz CT molecular complexity index is 1740. The fraction of sp³-hybridized carbons (Fsp3) is 0.561. The number of hydrogen-bond donors (Lipinski definition) is 9. The molecule has 9 N–H and O–H groups in total. The van der Waals surface area contributed by atoms with Crippen molar-refractivity contribution in [2.45, 2.75) is 136 Å². The van der Waals surface area contributed by atoms with Crippen molar-refractivity contribution in [3.05, 3.63) is 47.5 Å². The van der Waals surface area contributed by atoms with Crippen molar-refractivity contribution in [1.82, 2.24) is 31.9 Å². The lowest BCUT2D eigenvalue weighted by Crippen LogP contribution is -2.62. The standard InChI is InChI=1S/C41H60N6O13/c1-8-9-14-26(22-48)42-37(57)28(19-23(2)3)46-40(60)35(41(5,6)7)47-39(59)29(20-25-13-11-10-12-24(25)4)45-36(56)27(15-17-32(50)51)44-38(58)30(21-34(54)55)43-31(49)16-18-33(52)53/h8-13,22-23,26-30,35H,14-21H2,1-7H3,(H,42,57)(H,43,49)(H,44,58)(H,45,56)(H,46,60)(H,47,59)(H,50,51)(H,52,53)(H,54,55)/t26-,27-,28-,29-,30-,35+/m0/s1. The molecule has 0 aromatic heterocycles. The summed E-state index contributed by atoms with van der Waals surface area (Å²) in [4.78, 5) is 127. The Kier molecular flexibility index (Phi) is 21.9. The van der Waals surface area contributed by atoms with E-state index in [1.54, 1.807) is 71.0 Å². The lowest BCUT2D eigenvalue weighted by Gasteiger charge is -2.33. The minimum absolute atomic E-state index is 0.0789. The van der Waals surface area contributed by atoms with E-state index in [1.807, 2.05) is 13.8 Å². The Morgan fingerprint density at radius 3 is 1.75 bits per heavy atom. The van der Waals surface area contributed by atoms with Crippen LogP contribution in [-0.2, 0) is 54.4 Å². The zero-order valence-electron chi connectivity index (χ0n) is 35.2. The number of aryl methyl sites for hydroxylation is 1. The third-order valence-electron chi connectivity index (χ3n) is 9.07. The Morgan fingerprint density at radius 1 is 0.667 bits per heavy atom. The van der Waals surface area contributed by atoms with Crippen molar-refractivity contribution in [3.63, 3.8) is 0 Å². The molecule has 1 rings (SSSR count). The smallest absolute Gasteiger partial charge is 0.305 e. The lowest BCUT2D eigenvalue weighted by molar-refractivity contribution is -0.142. The minimum atomic E-state index is -1.79. The molecular formula is C41H60N6O13. The molecule has 0 aliphatic heterocycles. The predicted octanol–water partition coefficient (Wildman–Crippen LogP) is 0.908. The van der Waals surface area contributed by atoms with Crippen molar-refractivity contribution in [3.8, 4) is 0 Å². The molecule has 19 nitrogen and oxygen atoms in total. The maximum Gasteiger partial charge on any atom is 0.305 e. The highest BCUT2D eigenvalue weighted by molar-refractivity contribution is 5.98. The second-order valence-electron chi connectivity index (χ2n) is 15.9. The molecule has 1 aromatic carbocycles. The molecular weight excluding hydrogens is 784 g/mol. The second-order valence-corrected chi connectivity index (χ2v) is 15.9. The van der Waals surface area contributed by atoms with Crippen LogP contribution in [0.5, 0.6) is 0 Å². The van der Waals surface area contributed by atoms with Crippen LogP contribution in [0.1, 0.15) is 97.6 Å². The maximum absolute atomic E-state index is 14.2. The van der Waals surface area contributed by atoms with Gasteiger partial charge in [0.2, 0.25) is 35.4 Å². The Labute approximate surface area is 349 Å². The van der Waals surface area contributed by atoms with Crippen LogP contribution in [0.25, 0.3) is 0 Å². The van der Waals surface area contributed by atoms with Gasteiger partial charge in [-0.25, -0.2) is 0 Å². The number of carbonyl (C=O) groups excluding carboxylic acids is 7. The van der Waals surface area contributed by atoms with E-state index in [1.165, 1.54) is 0 Å². The summed E-state index contributed by atoms with van der Waals surface area (Å²) in [5.41, 5.74) is 0.341. The molecule has 332 valence electrons. The third kappa shape index (κ3) is 19.5. The molecule has 0 aliphatic rings. The van der Waals surface area contributed by atoms with E-state index >= 15 is 0 Å². The summed E-state index contributed by atoms with van der Waals surface area (Å²) in [5.74, 6) is -9.73. The predicted molar refractivity (Wildman–Crippen MR) is 217 cm³/mol. The summed E-state index contributed by atoms with van der Waals surface area (Å²) in [6.07, 6.45) is 0.902. The molecule has 60 heavy (non-hydrogen) atoms. The average Bonchev–Trinajstić information content (AvgIpc) is 3.14. The van der Waals surface area contributed by atoms with E-state index in [4.69, 9.17) is 5.11 Å². The molecule has 0 saturated carbocycles. The molecule has 0 unspecified atom stereocenters. The monoisotopic (exact) mass is 844 g/mol. The summed E-state index contributed by atoms with van der Waals surface area (Å²) in [7, 11) is 0. The van der Waals surface area contributed by atoms with E-state index in [2.05, 4.69) is 31.9 Å². The number of hydrogen-bond acceptors (Lipinski definition) is 10. The zero-order valence-corrected chi connectivity index (χ0v) is 35.2. The largest absolute Gasteiger partial charge is 0.481 e. The molecule has 0 bridgehead atoms. The molecule has 0 saturated heterocycles. The normalized spacial score (nSPS) is 14.3. The van der Waals surface area contributed by atoms with Crippen LogP contribution < -0.4 is 31.9 Å². The second kappa shape index (κ2) is 25.4. The Morgan fingerprint density at radius 2 is 1.22 bits per heavy atom. The van der Waals surface area contributed by atoms with Crippen LogP contribution >= 0.6 is 0 Å². The van der Waals surface area contributed by atoms with Gasteiger partial charge in [0.1, 0.15) is 36.5 Å². The van der Waals surface area contributed by atoms with Gasteiger partial charge in [0.25, 0.3) is 0 Å². The number of allylic oxidation sites excluding steroid dienone is 1. The number of nitrogens with one attached hydrogen (secondary N) is 6. The van der Waals surface area contributed by atoms with Crippen LogP contribution in [0.15, 0.2) is 36.4 Å². The highest BCUT2D eigenvalue weighted by atomic mass is 16.4. The summed E-state index contributed by atoms with van der Waals surface area (Å²) >= 11 is 0. The van der Waals surface area contributed by atoms with E-state index in [0.717, 1.165) is 5.56 Å². The van der Waals surface area contributed by atoms with Gasteiger partial charge >= 0.3 is 17.9 Å². The summed E-state index contributed by atoms with van der Waals surface area (Å²) in [6.45, 7) is 12.2. The molecule has 0 aliphatic carbocycles. The van der Waals surface area contributed by atoms with Gasteiger partial charge in [0.05, 0.1) is 18.9 Å². The number of aldehydes is 1. The number of amides is 6. The van der Waals surface area contributed by atoms with Crippen LogP contribution in [0, 0.1) is 18.3 Å². The van der Waals surface area contributed by atoms with Crippen molar-refractivity contribution in [2.24, 2.45) is 11.3 Å². The molecule has 19 heteroatoms. The van der Waals surface area contributed by atoms with Gasteiger partial charge in [0, 0.05) is 19.3 Å². The number of aliphatic carboxylic acids is 3. The number of rotatable bonds is 26. The van der Waals surface area contributed by atoms with Gasteiger partial charge in [-0.2, -0.15) is 0 Å². The number of carboxylic acid groups (broad SMARTS) is 3. The summed E-state index contributed by atoms with van der Waals surface area (Å²) in [6, 6.07) is -1.29. The highest BCUT2D eigenvalue weighted by Gasteiger charge is 2.38. The van der Waals surface area contributed by atoms with E-state index in [9.17, 15) is 58.2 Å². The quantitative estimate of drug-likeness (QED) is 0.0463.